The minimum Gasteiger partial charge on any atom is -0.507 e. The predicted molar refractivity (Wildman–Crippen MR) is 80.0 cm³/mol. The quantitative estimate of drug-likeness (QED) is 0.890. The number of nitrogens with zero attached hydrogens (tertiary/aromatic N) is 1. The molecule has 4 heteroatoms. The fourth-order valence-electron chi connectivity index (χ4n) is 2.66. The Balaban J connectivity index is 1.92. The molecule has 0 atom stereocenters. The lowest BCUT2D eigenvalue weighted by Gasteiger charge is -2.34. The van der Waals surface area contributed by atoms with Crippen LogP contribution in [0.15, 0.2) is 18.2 Å². The summed E-state index contributed by atoms with van der Waals surface area (Å²) in [6.07, 6.45) is 1.94. The number of aryl methyl sites for hydroxylation is 1. The van der Waals surface area contributed by atoms with Gasteiger partial charge in [0.05, 0.1) is 5.56 Å². The fourth-order valence-corrected chi connectivity index (χ4v) is 2.66. The molecular formula is C16H24N2O2. The second kappa shape index (κ2) is 6.27. The maximum absolute atomic E-state index is 12.2. The van der Waals surface area contributed by atoms with E-state index < -0.39 is 0 Å². The van der Waals surface area contributed by atoms with Crippen LogP contribution in [0.25, 0.3) is 0 Å². The van der Waals surface area contributed by atoms with Crippen molar-refractivity contribution < 1.29 is 9.90 Å². The molecule has 1 fully saturated rings. The van der Waals surface area contributed by atoms with Crippen molar-refractivity contribution >= 4 is 5.91 Å². The smallest absolute Gasteiger partial charge is 0.255 e. The van der Waals surface area contributed by atoms with Crippen molar-refractivity contribution in [1.29, 1.82) is 0 Å². The maximum atomic E-state index is 12.2. The van der Waals surface area contributed by atoms with E-state index in [2.05, 4.69) is 24.1 Å². The van der Waals surface area contributed by atoms with Crippen LogP contribution in [-0.4, -0.2) is 41.1 Å². The van der Waals surface area contributed by atoms with E-state index in [-0.39, 0.29) is 17.7 Å². The Labute approximate surface area is 120 Å². The summed E-state index contributed by atoms with van der Waals surface area (Å²) in [5.74, 6) is -0.118. The van der Waals surface area contributed by atoms with Gasteiger partial charge in [-0.15, -0.1) is 0 Å². The van der Waals surface area contributed by atoms with Gasteiger partial charge in [-0.3, -0.25) is 4.79 Å². The molecule has 1 aliphatic rings. The van der Waals surface area contributed by atoms with E-state index in [4.69, 9.17) is 0 Å². The van der Waals surface area contributed by atoms with Crippen LogP contribution < -0.4 is 5.32 Å². The van der Waals surface area contributed by atoms with E-state index in [1.54, 1.807) is 12.1 Å². The monoisotopic (exact) mass is 276 g/mol. The van der Waals surface area contributed by atoms with E-state index in [1.165, 1.54) is 0 Å². The molecule has 0 aromatic heterocycles. The molecule has 2 rings (SSSR count). The molecule has 0 spiro atoms. The number of carbonyl (C=O) groups is 1. The van der Waals surface area contributed by atoms with Crippen molar-refractivity contribution in [2.75, 3.05) is 13.1 Å². The van der Waals surface area contributed by atoms with Gasteiger partial charge in [-0.05, 0) is 51.3 Å². The number of carbonyl (C=O) groups excluding carboxylic acids is 1. The molecule has 110 valence electrons. The number of likely N-dealkylation sites (tertiary alicyclic amines) is 1. The van der Waals surface area contributed by atoms with Crippen LogP contribution >= 0.6 is 0 Å². The first-order valence-corrected chi connectivity index (χ1v) is 7.32. The maximum Gasteiger partial charge on any atom is 0.255 e. The highest BCUT2D eigenvalue weighted by Crippen LogP contribution is 2.19. The molecule has 0 saturated carbocycles. The van der Waals surface area contributed by atoms with E-state index in [0.29, 0.717) is 11.6 Å². The Morgan fingerprint density at radius 2 is 2.00 bits per heavy atom. The molecule has 1 aromatic rings. The molecule has 2 N–H and O–H groups in total. The van der Waals surface area contributed by atoms with Crippen molar-refractivity contribution in [3.05, 3.63) is 29.3 Å². The molecule has 1 aromatic carbocycles. The summed E-state index contributed by atoms with van der Waals surface area (Å²) >= 11 is 0. The summed E-state index contributed by atoms with van der Waals surface area (Å²) in [7, 11) is 0. The van der Waals surface area contributed by atoms with Crippen molar-refractivity contribution in [3.8, 4) is 5.75 Å². The van der Waals surface area contributed by atoms with Gasteiger partial charge in [0, 0.05) is 25.2 Å². The third kappa shape index (κ3) is 3.51. The minimum absolute atomic E-state index is 0.0575. The number of phenolic OH excluding ortho intramolecular Hbond substituents is 1. The van der Waals surface area contributed by atoms with E-state index in [1.807, 2.05) is 13.0 Å². The number of rotatable bonds is 3. The minimum atomic E-state index is -0.175. The van der Waals surface area contributed by atoms with Crippen LogP contribution in [-0.2, 0) is 0 Å². The molecule has 20 heavy (non-hydrogen) atoms. The second-order valence-electron chi connectivity index (χ2n) is 5.90. The second-order valence-corrected chi connectivity index (χ2v) is 5.90. The van der Waals surface area contributed by atoms with Crippen LogP contribution in [0.5, 0.6) is 5.75 Å². The molecular weight excluding hydrogens is 252 g/mol. The van der Waals surface area contributed by atoms with Crippen molar-refractivity contribution in [2.45, 2.75) is 45.7 Å². The van der Waals surface area contributed by atoms with E-state index in [9.17, 15) is 9.90 Å². The lowest BCUT2D eigenvalue weighted by atomic mass is 10.0. The number of benzene rings is 1. The number of piperidine rings is 1. The zero-order chi connectivity index (χ0) is 14.7. The largest absolute Gasteiger partial charge is 0.507 e. The van der Waals surface area contributed by atoms with Gasteiger partial charge < -0.3 is 15.3 Å². The average Bonchev–Trinajstić information content (AvgIpc) is 2.39. The summed E-state index contributed by atoms with van der Waals surface area (Å²) in [5, 5.41) is 12.9. The van der Waals surface area contributed by atoms with E-state index >= 15 is 0 Å². The van der Waals surface area contributed by atoms with Gasteiger partial charge in [0.1, 0.15) is 5.75 Å². The Morgan fingerprint density at radius 3 is 2.55 bits per heavy atom. The van der Waals surface area contributed by atoms with Crippen LogP contribution in [0.2, 0.25) is 0 Å². The van der Waals surface area contributed by atoms with Gasteiger partial charge in [0.2, 0.25) is 0 Å². The van der Waals surface area contributed by atoms with Gasteiger partial charge in [0.15, 0.2) is 0 Å². The summed E-state index contributed by atoms with van der Waals surface area (Å²) in [6.45, 7) is 8.32. The molecule has 0 radical (unpaired) electrons. The molecule has 0 aliphatic carbocycles. The lowest BCUT2D eigenvalue weighted by molar-refractivity contribution is 0.0898. The number of phenols is 1. The van der Waals surface area contributed by atoms with Gasteiger partial charge in [0.25, 0.3) is 5.91 Å². The van der Waals surface area contributed by atoms with E-state index in [0.717, 1.165) is 31.5 Å². The summed E-state index contributed by atoms with van der Waals surface area (Å²) in [5.41, 5.74) is 1.31. The van der Waals surface area contributed by atoms with Crippen LogP contribution in [0.3, 0.4) is 0 Å². The molecule has 1 amide bonds. The number of amides is 1. The van der Waals surface area contributed by atoms with Crippen LogP contribution in [0.4, 0.5) is 0 Å². The SMILES string of the molecule is Cc1ccc(C(=O)NC2CCN(C(C)C)CC2)c(O)c1. The standard InChI is InChI=1S/C16H24N2O2/c1-11(2)18-8-6-13(7-9-18)17-16(20)14-5-4-12(3)10-15(14)19/h4-5,10-11,13,19H,6-9H2,1-3H3,(H,17,20). The van der Waals surface area contributed by atoms with Gasteiger partial charge >= 0.3 is 0 Å². The number of hydrogen-bond donors (Lipinski definition) is 2. The average molecular weight is 276 g/mol. The highest BCUT2D eigenvalue weighted by atomic mass is 16.3. The van der Waals surface area contributed by atoms with Crippen molar-refractivity contribution in [2.24, 2.45) is 0 Å². The van der Waals surface area contributed by atoms with Gasteiger partial charge in [-0.2, -0.15) is 0 Å². The zero-order valence-electron chi connectivity index (χ0n) is 12.5. The lowest BCUT2D eigenvalue weighted by Crippen LogP contribution is -2.46. The topological polar surface area (TPSA) is 52.6 Å². The molecule has 1 saturated heterocycles. The molecule has 0 bridgehead atoms. The molecule has 1 heterocycles. The van der Waals surface area contributed by atoms with Crippen LogP contribution in [0.1, 0.15) is 42.6 Å². The normalized spacial score (nSPS) is 17.4. The molecule has 0 unspecified atom stereocenters. The molecule has 1 aliphatic heterocycles. The predicted octanol–water partition coefficient (Wildman–Crippen LogP) is 2.30. The third-order valence-corrected chi connectivity index (χ3v) is 3.99. The highest BCUT2D eigenvalue weighted by Gasteiger charge is 2.23. The Morgan fingerprint density at radius 1 is 1.35 bits per heavy atom. The first-order valence-electron chi connectivity index (χ1n) is 7.32. The highest BCUT2D eigenvalue weighted by molar-refractivity contribution is 5.97. The van der Waals surface area contributed by atoms with Crippen LogP contribution in [0, 0.1) is 6.92 Å². The molecule has 4 nitrogen and oxygen atoms in total. The number of aromatic hydroxyl groups is 1. The van der Waals surface area contributed by atoms with Crippen molar-refractivity contribution in [3.63, 3.8) is 0 Å². The Kier molecular flexibility index (Phi) is 4.65. The summed E-state index contributed by atoms with van der Waals surface area (Å²) < 4.78 is 0. The summed E-state index contributed by atoms with van der Waals surface area (Å²) in [6, 6.07) is 5.92. The zero-order valence-corrected chi connectivity index (χ0v) is 12.5. The van der Waals surface area contributed by atoms with Gasteiger partial charge in [-0.25, -0.2) is 0 Å². The number of nitrogens with one attached hydrogen (secondary N) is 1. The fraction of sp³-hybridized carbons (Fsp3) is 0.562. The number of hydrogen-bond acceptors (Lipinski definition) is 3. The van der Waals surface area contributed by atoms with Crippen molar-refractivity contribution in [1.82, 2.24) is 10.2 Å². The van der Waals surface area contributed by atoms with Gasteiger partial charge in [-0.1, -0.05) is 6.07 Å². The Hall–Kier alpha value is -1.55. The Bertz CT molecular complexity index is 477. The first-order chi connectivity index (χ1) is 9.47. The third-order valence-electron chi connectivity index (χ3n) is 3.99. The summed E-state index contributed by atoms with van der Waals surface area (Å²) in [4.78, 5) is 14.6. The first kappa shape index (κ1) is 14.9.